The van der Waals surface area contributed by atoms with E-state index in [2.05, 4.69) is 4.72 Å². The second kappa shape index (κ2) is 6.23. The van der Waals surface area contributed by atoms with Crippen molar-refractivity contribution in [1.82, 2.24) is 4.72 Å². The summed E-state index contributed by atoms with van der Waals surface area (Å²) in [4.78, 5) is -0.578. The van der Waals surface area contributed by atoms with Crippen molar-refractivity contribution in [3.8, 4) is 0 Å². The maximum absolute atomic E-state index is 13.7. The van der Waals surface area contributed by atoms with Crippen LogP contribution >= 0.6 is 0 Å². The number of rotatable bonds is 5. The first-order valence-electron chi connectivity index (χ1n) is 7.42. The smallest absolute Gasteiger partial charge is 0.243 e. The van der Waals surface area contributed by atoms with Crippen LogP contribution in [-0.2, 0) is 27.6 Å². The number of methoxy groups -OCH3 is 1. The summed E-state index contributed by atoms with van der Waals surface area (Å²) in [6, 6.07) is 10.2. The second-order valence-electron chi connectivity index (χ2n) is 5.91. The fourth-order valence-electron chi connectivity index (χ4n) is 3.00. The predicted molar refractivity (Wildman–Crippen MR) is 85.1 cm³/mol. The summed E-state index contributed by atoms with van der Waals surface area (Å²) >= 11 is 0. The fraction of sp³-hybridized carbons (Fsp3) is 0.294. The molecule has 7 heteroatoms. The molecule has 1 aliphatic rings. The molecule has 2 aromatic rings. The molecular formula is C17H17F2NO3S. The Balaban J connectivity index is 1.79. The van der Waals surface area contributed by atoms with Crippen molar-refractivity contribution in [3.63, 3.8) is 0 Å². The Hall–Kier alpha value is -1.83. The zero-order valence-electron chi connectivity index (χ0n) is 13.1. The van der Waals surface area contributed by atoms with Crippen molar-refractivity contribution in [2.24, 2.45) is 0 Å². The number of hydrogen-bond acceptors (Lipinski definition) is 3. The highest BCUT2D eigenvalue weighted by atomic mass is 32.2. The molecule has 0 aromatic heterocycles. The summed E-state index contributed by atoms with van der Waals surface area (Å²) in [5.41, 5.74) is 1.49. The van der Waals surface area contributed by atoms with Gasteiger partial charge in [-0.3, -0.25) is 0 Å². The lowest BCUT2D eigenvalue weighted by atomic mass is 10.0. The monoisotopic (exact) mass is 353 g/mol. The molecule has 0 radical (unpaired) electrons. The fourth-order valence-corrected chi connectivity index (χ4v) is 4.17. The average Bonchev–Trinajstić information content (AvgIpc) is 2.92. The highest BCUT2D eigenvalue weighted by Crippen LogP contribution is 2.32. The number of benzene rings is 2. The highest BCUT2D eigenvalue weighted by molar-refractivity contribution is 7.89. The van der Waals surface area contributed by atoms with Crippen LogP contribution in [0.3, 0.4) is 0 Å². The lowest BCUT2D eigenvalue weighted by Crippen LogP contribution is -2.45. The average molecular weight is 353 g/mol. The zero-order valence-corrected chi connectivity index (χ0v) is 13.9. The predicted octanol–water partition coefficient (Wildman–Crippen LogP) is 2.43. The molecule has 1 N–H and O–H groups in total. The Kier molecular flexibility index (Phi) is 4.42. The van der Waals surface area contributed by atoms with Gasteiger partial charge < -0.3 is 4.74 Å². The third kappa shape index (κ3) is 3.19. The van der Waals surface area contributed by atoms with Gasteiger partial charge in [0.25, 0.3) is 0 Å². The van der Waals surface area contributed by atoms with Gasteiger partial charge in [-0.25, -0.2) is 21.9 Å². The Morgan fingerprint density at radius 1 is 1.12 bits per heavy atom. The normalized spacial score (nSPS) is 16.1. The van der Waals surface area contributed by atoms with Crippen LogP contribution in [-0.4, -0.2) is 27.7 Å². The lowest BCUT2D eigenvalue weighted by molar-refractivity contribution is 0.00377. The molecule has 0 spiro atoms. The third-order valence-corrected chi connectivity index (χ3v) is 5.78. The van der Waals surface area contributed by atoms with Gasteiger partial charge in [-0.2, -0.15) is 0 Å². The van der Waals surface area contributed by atoms with Crippen LogP contribution in [0.25, 0.3) is 0 Å². The van der Waals surface area contributed by atoms with E-state index in [-0.39, 0.29) is 6.54 Å². The van der Waals surface area contributed by atoms with Crippen LogP contribution in [0, 0.1) is 11.6 Å². The minimum absolute atomic E-state index is 0.00265. The van der Waals surface area contributed by atoms with Crippen molar-refractivity contribution in [2.45, 2.75) is 23.3 Å². The molecule has 0 heterocycles. The molecule has 0 saturated carbocycles. The molecule has 0 atom stereocenters. The Bertz CT molecular complexity index is 843. The summed E-state index contributed by atoms with van der Waals surface area (Å²) < 4.78 is 59.3. The first-order valence-corrected chi connectivity index (χ1v) is 8.90. The number of hydrogen-bond donors (Lipinski definition) is 1. The van der Waals surface area contributed by atoms with Crippen molar-refractivity contribution >= 4 is 10.0 Å². The summed E-state index contributed by atoms with van der Waals surface area (Å²) in [6.45, 7) is -0.00265. The van der Waals surface area contributed by atoms with Gasteiger partial charge in [0.15, 0.2) is 0 Å². The lowest BCUT2D eigenvalue weighted by Gasteiger charge is -2.27. The summed E-state index contributed by atoms with van der Waals surface area (Å²) in [5.74, 6) is -1.95. The number of nitrogens with one attached hydrogen (secondary N) is 1. The highest BCUT2D eigenvalue weighted by Gasteiger charge is 2.38. The molecule has 0 saturated heterocycles. The molecule has 0 bridgehead atoms. The largest absolute Gasteiger partial charge is 0.376 e. The van der Waals surface area contributed by atoms with Crippen molar-refractivity contribution < 1.29 is 21.9 Å². The van der Waals surface area contributed by atoms with Gasteiger partial charge in [-0.05, 0) is 23.3 Å². The molecule has 0 unspecified atom stereocenters. The van der Waals surface area contributed by atoms with E-state index in [4.69, 9.17) is 4.74 Å². The quantitative estimate of drug-likeness (QED) is 0.898. The van der Waals surface area contributed by atoms with E-state index in [0.29, 0.717) is 18.9 Å². The minimum Gasteiger partial charge on any atom is -0.376 e. The van der Waals surface area contributed by atoms with Gasteiger partial charge in [0, 0.05) is 32.6 Å². The molecule has 4 nitrogen and oxygen atoms in total. The molecular weight excluding hydrogens is 336 g/mol. The number of fused-ring (bicyclic) bond motifs is 1. The van der Waals surface area contributed by atoms with E-state index < -0.39 is 32.2 Å². The first kappa shape index (κ1) is 17.0. The minimum atomic E-state index is -4.10. The van der Waals surface area contributed by atoms with E-state index in [1.165, 1.54) is 7.11 Å². The zero-order chi connectivity index (χ0) is 17.4. The molecule has 128 valence electrons. The van der Waals surface area contributed by atoms with E-state index in [0.717, 1.165) is 23.3 Å². The van der Waals surface area contributed by atoms with Crippen LogP contribution in [0.4, 0.5) is 8.78 Å². The molecule has 0 amide bonds. The van der Waals surface area contributed by atoms with Crippen molar-refractivity contribution in [3.05, 3.63) is 65.2 Å². The van der Waals surface area contributed by atoms with Crippen LogP contribution in [0.2, 0.25) is 0 Å². The van der Waals surface area contributed by atoms with Crippen LogP contribution in [0.15, 0.2) is 47.4 Å². The Labute approximate surface area is 139 Å². The number of sulfonamides is 1. The molecule has 24 heavy (non-hydrogen) atoms. The van der Waals surface area contributed by atoms with E-state index in [1.807, 2.05) is 24.3 Å². The number of halogens is 2. The number of ether oxygens (including phenoxy) is 1. The Morgan fingerprint density at radius 2 is 1.75 bits per heavy atom. The van der Waals surface area contributed by atoms with E-state index in [9.17, 15) is 17.2 Å². The molecule has 2 aromatic carbocycles. The van der Waals surface area contributed by atoms with Crippen LogP contribution in [0.1, 0.15) is 11.1 Å². The van der Waals surface area contributed by atoms with Gasteiger partial charge >= 0.3 is 0 Å². The molecule has 0 aliphatic heterocycles. The van der Waals surface area contributed by atoms with Crippen LogP contribution in [0.5, 0.6) is 0 Å². The topological polar surface area (TPSA) is 55.4 Å². The van der Waals surface area contributed by atoms with Crippen molar-refractivity contribution in [1.29, 1.82) is 0 Å². The van der Waals surface area contributed by atoms with Gasteiger partial charge in [0.2, 0.25) is 10.0 Å². The van der Waals surface area contributed by atoms with Gasteiger partial charge in [0.05, 0.1) is 5.60 Å². The maximum atomic E-state index is 13.7. The molecule has 1 aliphatic carbocycles. The molecule has 3 rings (SSSR count). The van der Waals surface area contributed by atoms with Gasteiger partial charge in [0.1, 0.15) is 16.5 Å². The van der Waals surface area contributed by atoms with E-state index >= 15 is 0 Å². The summed E-state index contributed by atoms with van der Waals surface area (Å²) in [5, 5.41) is 0. The van der Waals surface area contributed by atoms with E-state index in [1.54, 1.807) is 0 Å². The van der Waals surface area contributed by atoms with Crippen LogP contribution < -0.4 is 4.72 Å². The SMILES string of the molecule is COC1(CNS(=O)(=O)c2ccc(F)cc2F)Cc2ccccc2C1. The second-order valence-corrected chi connectivity index (χ2v) is 7.64. The summed E-state index contributed by atoms with van der Waals surface area (Å²) in [6.07, 6.45) is 1.13. The van der Waals surface area contributed by atoms with Gasteiger partial charge in [-0.1, -0.05) is 24.3 Å². The van der Waals surface area contributed by atoms with Gasteiger partial charge in [-0.15, -0.1) is 0 Å². The third-order valence-electron chi connectivity index (χ3n) is 4.34. The summed E-state index contributed by atoms with van der Waals surface area (Å²) in [7, 11) is -2.58. The standard InChI is InChI=1S/C17H17F2NO3S/c1-23-17(9-12-4-2-3-5-13(12)10-17)11-20-24(21,22)16-7-6-14(18)8-15(16)19/h2-8,20H,9-11H2,1H3. The molecule has 0 fully saturated rings. The first-order chi connectivity index (χ1) is 11.4. The Morgan fingerprint density at radius 3 is 2.29 bits per heavy atom. The maximum Gasteiger partial charge on any atom is 0.243 e. The van der Waals surface area contributed by atoms with Crippen molar-refractivity contribution in [2.75, 3.05) is 13.7 Å².